The van der Waals surface area contributed by atoms with Crippen LogP contribution in [-0.2, 0) is 4.79 Å². The summed E-state index contributed by atoms with van der Waals surface area (Å²) in [6.45, 7) is 2.21. The molecule has 0 aliphatic rings. The van der Waals surface area contributed by atoms with Crippen molar-refractivity contribution in [3.05, 3.63) is 0 Å². The van der Waals surface area contributed by atoms with Crippen LogP contribution in [0.15, 0.2) is 0 Å². The Labute approximate surface area is 111 Å². The van der Waals surface area contributed by atoms with E-state index in [1.807, 2.05) is 0 Å². The molecule has 0 aliphatic carbocycles. The zero-order valence-corrected chi connectivity index (χ0v) is 11.4. The first-order chi connectivity index (χ1) is 8.77. The number of unbranched alkanes of at least 4 members (excludes halogenated alkanes) is 6. The normalized spacial score (nSPS) is 8.94. The van der Waals surface area contributed by atoms with E-state index < -0.39 is 5.97 Å². The maximum absolute atomic E-state index is 10.2. The third-order valence-corrected chi connectivity index (χ3v) is 2.47. The lowest BCUT2D eigenvalue weighted by atomic mass is 10.1. The number of carboxylic acids is 1. The SMILES string of the molecule is CCCCCCC#CCCC#CCCCC(=O)O. The summed E-state index contributed by atoms with van der Waals surface area (Å²) in [5, 5.41) is 8.42. The second-order valence-corrected chi connectivity index (χ2v) is 4.27. The molecule has 0 atom stereocenters. The van der Waals surface area contributed by atoms with E-state index in [0.29, 0.717) is 12.8 Å². The van der Waals surface area contributed by atoms with Crippen molar-refractivity contribution in [1.29, 1.82) is 0 Å². The minimum absolute atomic E-state index is 0.215. The number of aliphatic carboxylic acids is 1. The van der Waals surface area contributed by atoms with Crippen LogP contribution in [0.1, 0.15) is 71.1 Å². The van der Waals surface area contributed by atoms with Gasteiger partial charge in [0.25, 0.3) is 0 Å². The van der Waals surface area contributed by atoms with Crippen LogP contribution < -0.4 is 0 Å². The van der Waals surface area contributed by atoms with Gasteiger partial charge in [-0.3, -0.25) is 4.79 Å². The molecular formula is C16H24O2. The maximum atomic E-state index is 10.2. The van der Waals surface area contributed by atoms with E-state index in [4.69, 9.17) is 5.11 Å². The molecule has 0 aliphatic heterocycles. The van der Waals surface area contributed by atoms with Gasteiger partial charge in [0.2, 0.25) is 0 Å². The van der Waals surface area contributed by atoms with Gasteiger partial charge in [0, 0.05) is 32.1 Å². The zero-order valence-electron chi connectivity index (χ0n) is 11.4. The average Bonchev–Trinajstić information content (AvgIpc) is 2.34. The minimum Gasteiger partial charge on any atom is -0.481 e. The molecule has 0 heterocycles. The number of rotatable bonds is 8. The first kappa shape index (κ1) is 16.6. The van der Waals surface area contributed by atoms with Crippen molar-refractivity contribution in [3.8, 4) is 23.7 Å². The highest BCUT2D eigenvalue weighted by molar-refractivity contribution is 5.66. The summed E-state index contributed by atoms with van der Waals surface area (Å²) in [5.74, 6) is 11.5. The molecule has 2 heteroatoms. The Morgan fingerprint density at radius 3 is 1.94 bits per heavy atom. The number of hydrogen-bond donors (Lipinski definition) is 1. The molecular weight excluding hydrogens is 224 g/mol. The first-order valence-electron chi connectivity index (χ1n) is 6.90. The van der Waals surface area contributed by atoms with Gasteiger partial charge in [-0.25, -0.2) is 0 Å². The fourth-order valence-corrected chi connectivity index (χ4v) is 1.45. The first-order valence-corrected chi connectivity index (χ1v) is 6.90. The fraction of sp³-hybridized carbons (Fsp3) is 0.688. The largest absolute Gasteiger partial charge is 0.481 e. The molecule has 0 bridgehead atoms. The van der Waals surface area contributed by atoms with Gasteiger partial charge in [0.15, 0.2) is 0 Å². The predicted molar refractivity (Wildman–Crippen MR) is 75.0 cm³/mol. The third kappa shape index (κ3) is 14.6. The van der Waals surface area contributed by atoms with Crippen LogP contribution in [0, 0.1) is 23.7 Å². The molecule has 1 N–H and O–H groups in total. The van der Waals surface area contributed by atoms with E-state index in [0.717, 1.165) is 19.3 Å². The van der Waals surface area contributed by atoms with Crippen LogP contribution in [0.5, 0.6) is 0 Å². The highest BCUT2D eigenvalue weighted by Crippen LogP contribution is 2.01. The summed E-state index contributed by atoms with van der Waals surface area (Å²) in [7, 11) is 0. The van der Waals surface area contributed by atoms with Gasteiger partial charge >= 0.3 is 5.97 Å². The van der Waals surface area contributed by atoms with Crippen molar-refractivity contribution in [1.82, 2.24) is 0 Å². The van der Waals surface area contributed by atoms with Crippen LogP contribution in [0.2, 0.25) is 0 Å². The molecule has 0 rings (SSSR count). The van der Waals surface area contributed by atoms with Crippen LogP contribution >= 0.6 is 0 Å². The third-order valence-electron chi connectivity index (χ3n) is 2.47. The topological polar surface area (TPSA) is 37.3 Å². The Kier molecular flexibility index (Phi) is 12.6. The zero-order chi connectivity index (χ0) is 13.5. The summed E-state index contributed by atoms with van der Waals surface area (Å²) in [4.78, 5) is 10.2. The lowest BCUT2D eigenvalue weighted by Gasteiger charge is -1.91. The molecule has 2 nitrogen and oxygen atoms in total. The Morgan fingerprint density at radius 2 is 1.39 bits per heavy atom. The van der Waals surface area contributed by atoms with E-state index in [2.05, 4.69) is 30.6 Å². The van der Waals surface area contributed by atoms with Crippen molar-refractivity contribution < 1.29 is 9.90 Å². The van der Waals surface area contributed by atoms with Crippen LogP contribution in [0.4, 0.5) is 0 Å². The van der Waals surface area contributed by atoms with Gasteiger partial charge in [-0.15, -0.1) is 23.7 Å². The van der Waals surface area contributed by atoms with Gasteiger partial charge < -0.3 is 5.11 Å². The van der Waals surface area contributed by atoms with Crippen molar-refractivity contribution in [2.24, 2.45) is 0 Å². The van der Waals surface area contributed by atoms with Gasteiger partial charge in [-0.05, 0) is 12.8 Å². The van der Waals surface area contributed by atoms with E-state index in [9.17, 15) is 4.79 Å². The van der Waals surface area contributed by atoms with Crippen LogP contribution in [-0.4, -0.2) is 11.1 Å². The predicted octanol–water partition coefficient (Wildman–Crippen LogP) is 4.00. The van der Waals surface area contributed by atoms with Crippen molar-refractivity contribution in [2.45, 2.75) is 71.1 Å². The minimum atomic E-state index is -0.745. The lowest BCUT2D eigenvalue weighted by molar-refractivity contribution is -0.137. The molecule has 0 radical (unpaired) electrons. The molecule has 0 aromatic rings. The van der Waals surface area contributed by atoms with Crippen molar-refractivity contribution in [2.75, 3.05) is 0 Å². The lowest BCUT2D eigenvalue weighted by Crippen LogP contribution is -1.92. The summed E-state index contributed by atoms with van der Waals surface area (Å²) in [6.07, 6.45) is 9.25. The maximum Gasteiger partial charge on any atom is 0.303 e. The highest BCUT2D eigenvalue weighted by atomic mass is 16.4. The van der Waals surface area contributed by atoms with Crippen molar-refractivity contribution >= 4 is 5.97 Å². The molecule has 0 amide bonds. The Bertz CT molecular complexity index is 322. The van der Waals surface area contributed by atoms with Gasteiger partial charge in [0.1, 0.15) is 0 Å². The molecule has 0 saturated heterocycles. The quantitative estimate of drug-likeness (QED) is 0.521. The molecule has 0 aromatic carbocycles. The molecule has 0 unspecified atom stereocenters. The van der Waals surface area contributed by atoms with Gasteiger partial charge in [0.05, 0.1) is 0 Å². The van der Waals surface area contributed by atoms with E-state index in [-0.39, 0.29) is 6.42 Å². The van der Waals surface area contributed by atoms with Crippen molar-refractivity contribution in [3.63, 3.8) is 0 Å². The van der Waals surface area contributed by atoms with Crippen LogP contribution in [0.3, 0.4) is 0 Å². The molecule has 18 heavy (non-hydrogen) atoms. The Balaban J connectivity index is 3.31. The fourth-order valence-electron chi connectivity index (χ4n) is 1.45. The molecule has 0 aromatic heterocycles. The van der Waals surface area contributed by atoms with Crippen LogP contribution in [0.25, 0.3) is 0 Å². The standard InChI is InChI=1S/C16H24O2/c1-2-3-4-5-6-7-8-9-10-11-12-13-14-15-16(17)18/h2-6,9-10,13-15H2,1H3,(H,17,18). The second-order valence-electron chi connectivity index (χ2n) is 4.27. The summed E-state index contributed by atoms with van der Waals surface area (Å²) in [6, 6.07) is 0. The van der Waals surface area contributed by atoms with Gasteiger partial charge in [-0.1, -0.05) is 26.2 Å². The Morgan fingerprint density at radius 1 is 0.833 bits per heavy atom. The van der Waals surface area contributed by atoms with E-state index in [1.165, 1.54) is 25.7 Å². The molecule has 0 spiro atoms. The monoisotopic (exact) mass is 248 g/mol. The highest BCUT2D eigenvalue weighted by Gasteiger charge is 1.92. The van der Waals surface area contributed by atoms with E-state index >= 15 is 0 Å². The average molecular weight is 248 g/mol. The van der Waals surface area contributed by atoms with E-state index in [1.54, 1.807) is 0 Å². The molecule has 0 saturated carbocycles. The number of carbonyl (C=O) groups is 1. The number of hydrogen-bond acceptors (Lipinski definition) is 1. The smallest absolute Gasteiger partial charge is 0.303 e. The molecule has 0 fully saturated rings. The Hall–Kier alpha value is -1.41. The molecule has 100 valence electrons. The van der Waals surface area contributed by atoms with Gasteiger partial charge in [-0.2, -0.15) is 0 Å². The summed E-state index contributed by atoms with van der Waals surface area (Å²) >= 11 is 0. The second kappa shape index (κ2) is 13.7. The number of carboxylic acid groups (broad SMARTS) is 1. The summed E-state index contributed by atoms with van der Waals surface area (Å²) in [5.41, 5.74) is 0. The summed E-state index contributed by atoms with van der Waals surface area (Å²) < 4.78 is 0.